The maximum Gasteiger partial charge on any atom is 0.164 e. The predicted molar refractivity (Wildman–Crippen MR) is 94.0 cm³/mol. The molecule has 9 heteroatoms. The van der Waals surface area contributed by atoms with E-state index in [2.05, 4.69) is 20.3 Å². The van der Waals surface area contributed by atoms with E-state index in [4.69, 9.17) is 4.63 Å². The van der Waals surface area contributed by atoms with E-state index in [9.17, 15) is 0 Å². The fourth-order valence-electron chi connectivity index (χ4n) is 1.85. The maximum atomic E-state index is 4.70. The lowest BCUT2D eigenvalue weighted by molar-refractivity contribution is 0.315. The number of thiazole rings is 1. The van der Waals surface area contributed by atoms with Crippen molar-refractivity contribution in [2.45, 2.75) is 10.1 Å². The number of aromatic nitrogens is 4. The molecule has 0 aliphatic carbocycles. The molecule has 0 spiro atoms. The van der Waals surface area contributed by atoms with Crippen LogP contribution < -0.4 is 0 Å². The van der Waals surface area contributed by atoms with Crippen LogP contribution in [0.5, 0.6) is 0 Å². The fraction of sp³-hybridized carbons (Fsp3) is 0.0769. The van der Waals surface area contributed by atoms with E-state index in [1.807, 2.05) is 30.3 Å². The van der Waals surface area contributed by atoms with Gasteiger partial charge in [-0.2, -0.15) is 0 Å². The summed E-state index contributed by atoms with van der Waals surface area (Å²) >= 11 is 1.62. The minimum absolute atomic E-state index is 0.790. The zero-order chi connectivity index (χ0) is 14.8. The second kappa shape index (κ2) is 6.45. The Morgan fingerprint density at radius 2 is 2.05 bits per heavy atom. The number of nitrogens with zero attached hydrogens (tertiary/aromatic N) is 4. The summed E-state index contributed by atoms with van der Waals surface area (Å²) in [5.41, 5.74) is 3.75. The molecule has 3 heterocycles. The molecule has 0 radical (unpaired) electrons. The number of benzene rings is 1. The predicted octanol–water partition coefficient (Wildman–Crippen LogP) is 4.82. The second-order valence-electron chi connectivity index (χ2n) is 4.31. The van der Waals surface area contributed by atoms with Gasteiger partial charge in [-0.05, 0) is 60.8 Å². The van der Waals surface area contributed by atoms with Gasteiger partial charge < -0.3 is 0 Å². The van der Waals surface area contributed by atoms with Crippen LogP contribution in [0.1, 0.15) is 5.56 Å². The van der Waals surface area contributed by atoms with Gasteiger partial charge in [-0.3, -0.25) is 0 Å². The molecule has 3 aromatic heterocycles. The van der Waals surface area contributed by atoms with Crippen LogP contribution in [0.25, 0.3) is 21.4 Å². The molecule has 22 heavy (non-hydrogen) atoms. The molecule has 0 N–H and O–H groups in total. The van der Waals surface area contributed by atoms with Crippen molar-refractivity contribution in [1.29, 1.82) is 0 Å². The van der Waals surface area contributed by atoms with E-state index in [-0.39, 0.29) is 0 Å². The van der Waals surface area contributed by atoms with Crippen LogP contribution in [0.15, 0.2) is 45.5 Å². The highest BCUT2D eigenvalue weighted by Gasteiger charge is 2.06. The van der Waals surface area contributed by atoms with E-state index in [0.29, 0.717) is 0 Å². The molecule has 0 aliphatic rings. The number of hydrogen-bond acceptors (Lipinski definition) is 9. The minimum Gasteiger partial charge on any atom is -0.244 e. The highest BCUT2D eigenvalue weighted by Crippen LogP contribution is 2.44. The smallest absolute Gasteiger partial charge is 0.164 e. The molecule has 0 fully saturated rings. The van der Waals surface area contributed by atoms with Crippen molar-refractivity contribution in [1.82, 2.24) is 20.3 Å². The van der Waals surface area contributed by atoms with E-state index in [1.165, 1.54) is 5.56 Å². The minimum atomic E-state index is 0.790. The van der Waals surface area contributed by atoms with Crippen LogP contribution in [0, 0.1) is 0 Å². The molecule has 0 unspecified atom stereocenters. The van der Waals surface area contributed by atoms with Crippen LogP contribution in [-0.2, 0) is 5.75 Å². The molecule has 110 valence electrons. The Labute approximate surface area is 141 Å². The van der Waals surface area contributed by atoms with Crippen LogP contribution in [0.2, 0.25) is 0 Å². The molecule has 0 saturated carbocycles. The SMILES string of the molecule is c1cnc2sc(SSSCc3ccc4nonc4c3)nc2c1. The summed E-state index contributed by atoms with van der Waals surface area (Å²) in [6.07, 6.45) is 1.80. The lowest BCUT2D eigenvalue weighted by atomic mass is 10.2. The van der Waals surface area contributed by atoms with Gasteiger partial charge in [0, 0.05) is 11.9 Å². The van der Waals surface area contributed by atoms with E-state index in [0.717, 1.165) is 31.5 Å². The summed E-state index contributed by atoms with van der Waals surface area (Å²) in [4.78, 5) is 9.84. The first-order valence-electron chi connectivity index (χ1n) is 6.27. The van der Waals surface area contributed by atoms with Crippen molar-refractivity contribution in [2.75, 3.05) is 0 Å². The van der Waals surface area contributed by atoms with Crippen molar-refractivity contribution >= 4 is 64.1 Å². The van der Waals surface area contributed by atoms with Crippen LogP contribution in [0.3, 0.4) is 0 Å². The number of fused-ring (bicyclic) bond motifs is 2. The molecule has 4 rings (SSSR count). The third-order valence-corrected chi connectivity index (χ3v) is 8.08. The molecule has 0 saturated heterocycles. The standard InChI is InChI=1S/C13H8N4OS4/c1-2-10-12(14-5-1)20-13(15-10)21-22-19-7-8-3-4-9-11(6-8)17-18-16-9/h1-6H,7H2. The second-order valence-corrected chi connectivity index (χ2v) is 9.60. The summed E-state index contributed by atoms with van der Waals surface area (Å²) in [6.45, 7) is 0. The van der Waals surface area contributed by atoms with Crippen molar-refractivity contribution in [3.8, 4) is 0 Å². The highest BCUT2D eigenvalue weighted by molar-refractivity contribution is 9.09. The molecule has 0 amide bonds. The van der Waals surface area contributed by atoms with Crippen LogP contribution in [0.4, 0.5) is 0 Å². The summed E-state index contributed by atoms with van der Waals surface area (Å²) in [6, 6.07) is 9.88. The summed E-state index contributed by atoms with van der Waals surface area (Å²) < 4.78 is 5.73. The number of pyridine rings is 1. The lowest BCUT2D eigenvalue weighted by Crippen LogP contribution is -1.78. The lowest BCUT2D eigenvalue weighted by Gasteiger charge is -1.98. The average molecular weight is 365 g/mol. The Bertz CT molecular complexity index is 885. The highest BCUT2D eigenvalue weighted by atomic mass is 33.5. The van der Waals surface area contributed by atoms with E-state index < -0.39 is 0 Å². The van der Waals surface area contributed by atoms with Gasteiger partial charge >= 0.3 is 0 Å². The van der Waals surface area contributed by atoms with Crippen LogP contribution in [-0.4, -0.2) is 20.3 Å². The molecule has 4 aromatic rings. The summed E-state index contributed by atoms with van der Waals surface area (Å²) in [7, 11) is 5.16. The van der Waals surface area contributed by atoms with Gasteiger partial charge in [0.05, 0.1) is 0 Å². The molecule has 0 atom stereocenters. The molecular formula is C13H8N4OS4. The Kier molecular flexibility index (Phi) is 4.20. The fourth-order valence-corrected chi connectivity index (χ4v) is 6.90. The number of rotatable bonds is 5. The topological polar surface area (TPSA) is 64.7 Å². The quantitative estimate of drug-likeness (QED) is 0.369. The van der Waals surface area contributed by atoms with Crippen molar-refractivity contribution in [3.05, 3.63) is 42.1 Å². The Balaban J connectivity index is 1.34. The van der Waals surface area contributed by atoms with Crippen LogP contribution >= 0.6 is 42.8 Å². The van der Waals surface area contributed by atoms with Gasteiger partial charge in [0.25, 0.3) is 0 Å². The first-order valence-corrected chi connectivity index (χ1v) is 10.7. The zero-order valence-electron chi connectivity index (χ0n) is 11.0. The Hall–Kier alpha value is -1.29. The molecule has 0 bridgehead atoms. The monoisotopic (exact) mass is 364 g/mol. The summed E-state index contributed by atoms with van der Waals surface area (Å²) in [5.74, 6) is 0.892. The normalized spacial score (nSPS) is 11.5. The van der Waals surface area contributed by atoms with Gasteiger partial charge in [0.2, 0.25) is 0 Å². The first-order chi connectivity index (χ1) is 10.9. The molecular weight excluding hydrogens is 356 g/mol. The van der Waals surface area contributed by atoms with E-state index in [1.54, 1.807) is 48.9 Å². The first kappa shape index (κ1) is 14.3. The van der Waals surface area contributed by atoms with Crippen molar-refractivity contribution in [3.63, 3.8) is 0 Å². The third kappa shape index (κ3) is 3.07. The largest absolute Gasteiger partial charge is 0.244 e. The third-order valence-electron chi connectivity index (χ3n) is 2.84. The average Bonchev–Trinajstić information content (AvgIpc) is 3.17. The maximum absolute atomic E-state index is 4.70. The van der Waals surface area contributed by atoms with Gasteiger partial charge in [0.1, 0.15) is 21.4 Å². The van der Waals surface area contributed by atoms with Gasteiger partial charge in [0.15, 0.2) is 4.34 Å². The molecule has 5 nitrogen and oxygen atoms in total. The number of hydrogen-bond donors (Lipinski definition) is 0. The van der Waals surface area contributed by atoms with Gasteiger partial charge in [-0.25, -0.2) is 14.6 Å². The molecule has 1 aromatic carbocycles. The van der Waals surface area contributed by atoms with Gasteiger partial charge in [-0.15, -0.1) is 0 Å². The van der Waals surface area contributed by atoms with E-state index >= 15 is 0 Å². The molecule has 0 aliphatic heterocycles. The van der Waals surface area contributed by atoms with Crippen molar-refractivity contribution < 1.29 is 4.63 Å². The zero-order valence-corrected chi connectivity index (χ0v) is 14.3. The van der Waals surface area contributed by atoms with Crippen molar-refractivity contribution in [2.24, 2.45) is 0 Å². The summed E-state index contributed by atoms with van der Waals surface area (Å²) in [5, 5.41) is 7.66. The Morgan fingerprint density at radius 3 is 3.00 bits per heavy atom. The Morgan fingerprint density at radius 1 is 1.09 bits per heavy atom. The van der Waals surface area contributed by atoms with Gasteiger partial charge in [-0.1, -0.05) is 28.2 Å².